The lowest BCUT2D eigenvalue weighted by Gasteiger charge is -2.26. The Morgan fingerprint density at radius 2 is 1.87 bits per heavy atom. The van der Waals surface area contributed by atoms with E-state index in [4.69, 9.17) is 5.53 Å². The quantitative estimate of drug-likeness (QED) is 0.249. The van der Waals surface area contributed by atoms with Gasteiger partial charge in [0, 0.05) is 17.5 Å². The molecule has 0 heterocycles. The molecule has 0 aromatic carbocycles. The zero-order valence-electron chi connectivity index (χ0n) is 10.3. The molecule has 0 aromatic rings. The molecule has 0 saturated heterocycles. The summed E-state index contributed by atoms with van der Waals surface area (Å²) in [6.07, 6.45) is 4.81. The Morgan fingerprint density at radius 1 is 1.20 bits per heavy atom. The zero-order chi connectivity index (χ0) is 11.5. The average Bonchev–Trinajstić information content (AvgIpc) is 2.21. The molecule has 0 bridgehead atoms. The zero-order valence-corrected chi connectivity index (χ0v) is 10.3. The van der Waals surface area contributed by atoms with Crippen LogP contribution < -0.4 is 0 Å². The Kier molecular flexibility index (Phi) is 9.33. The van der Waals surface area contributed by atoms with E-state index in [1.54, 1.807) is 0 Å². The van der Waals surface area contributed by atoms with Crippen LogP contribution in [0.3, 0.4) is 0 Å². The first-order valence-electron chi connectivity index (χ1n) is 5.97. The molecular formula is C11H24N4. The van der Waals surface area contributed by atoms with Crippen molar-refractivity contribution in [3.63, 3.8) is 0 Å². The third-order valence-electron chi connectivity index (χ3n) is 2.55. The third kappa shape index (κ3) is 8.28. The maximum absolute atomic E-state index is 8.16. The lowest BCUT2D eigenvalue weighted by atomic mass is 10.2. The number of hydrogen-bond acceptors (Lipinski definition) is 2. The topological polar surface area (TPSA) is 52.0 Å². The fourth-order valence-corrected chi connectivity index (χ4v) is 1.58. The fourth-order valence-electron chi connectivity index (χ4n) is 1.58. The average molecular weight is 212 g/mol. The second kappa shape index (κ2) is 9.81. The highest BCUT2D eigenvalue weighted by Crippen LogP contribution is 2.04. The van der Waals surface area contributed by atoms with Gasteiger partial charge in [-0.1, -0.05) is 24.9 Å². The van der Waals surface area contributed by atoms with Crippen molar-refractivity contribution in [3.05, 3.63) is 10.4 Å². The van der Waals surface area contributed by atoms with Gasteiger partial charge in [-0.2, -0.15) is 0 Å². The molecule has 0 atom stereocenters. The van der Waals surface area contributed by atoms with Crippen molar-refractivity contribution in [2.75, 3.05) is 19.6 Å². The molecule has 4 heteroatoms. The van der Waals surface area contributed by atoms with Crippen molar-refractivity contribution >= 4 is 0 Å². The second-order valence-corrected chi connectivity index (χ2v) is 4.14. The van der Waals surface area contributed by atoms with Gasteiger partial charge in [0.1, 0.15) is 0 Å². The standard InChI is InChI=1S/C11H24N4/c1-4-5-6-9-15(11(2)3)10-7-8-13-14-12/h11H,4-10H2,1-3H3. The maximum atomic E-state index is 8.16. The maximum Gasteiger partial charge on any atom is 0.0270 e. The largest absolute Gasteiger partial charge is 0.301 e. The van der Waals surface area contributed by atoms with Crippen molar-refractivity contribution in [2.45, 2.75) is 52.5 Å². The molecule has 0 radical (unpaired) electrons. The summed E-state index contributed by atoms with van der Waals surface area (Å²) in [5.74, 6) is 0. The molecule has 0 fully saturated rings. The molecule has 0 aromatic heterocycles. The van der Waals surface area contributed by atoms with Crippen LogP contribution in [-0.4, -0.2) is 30.6 Å². The van der Waals surface area contributed by atoms with Crippen molar-refractivity contribution in [2.24, 2.45) is 5.11 Å². The smallest absolute Gasteiger partial charge is 0.0270 e. The summed E-state index contributed by atoms with van der Waals surface area (Å²) < 4.78 is 0. The van der Waals surface area contributed by atoms with E-state index in [1.807, 2.05) is 0 Å². The minimum Gasteiger partial charge on any atom is -0.301 e. The van der Waals surface area contributed by atoms with Gasteiger partial charge in [0.2, 0.25) is 0 Å². The Hall–Kier alpha value is -0.730. The molecule has 0 rings (SSSR count). The molecule has 0 aliphatic heterocycles. The van der Waals surface area contributed by atoms with Crippen LogP contribution in [0.1, 0.15) is 46.5 Å². The summed E-state index contributed by atoms with van der Waals surface area (Å²) >= 11 is 0. The summed E-state index contributed by atoms with van der Waals surface area (Å²) in [7, 11) is 0. The summed E-state index contributed by atoms with van der Waals surface area (Å²) in [4.78, 5) is 5.22. The lowest BCUT2D eigenvalue weighted by molar-refractivity contribution is 0.216. The van der Waals surface area contributed by atoms with E-state index in [2.05, 4.69) is 35.7 Å². The summed E-state index contributed by atoms with van der Waals surface area (Å²) in [5, 5.41) is 3.55. The van der Waals surface area contributed by atoms with Crippen LogP contribution in [0, 0.1) is 0 Å². The Bertz CT molecular complexity index is 185. The highest BCUT2D eigenvalue weighted by Gasteiger charge is 2.07. The SMILES string of the molecule is CCCCCN(CCCN=[N+]=[N-])C(C)C. The highest BCUT2D eigenvalue weighted by atomic mass is 15.2. The third-order valence-corrected chi connectivity index (χ3v) is 2.55. The molecule has 4 nitrogen and oxygen atoms in total. The van der Waals surface area contributed by atoms with Gasteiger partial charge < -0.3 is 4.90 Å². The van der Waals surface area contributed by atoms with Gasteiger partial charge in [0.05, 0.1) is 0 Å². The van der Waals surface area contributed by atoms with Crippen molar-refractivity contribution in [3.8, 4) is 0 Å². The van der Waals surface area contributed by atoms with Gasteiger partial charge >= 0.3 is 0 Å². The van der Waals surface area contributed by atoms with E-state index in [1.165, 1.54) is 25.8 Å². The molecular weight excluding hydrogens is 188 g/mol. The molecule has 0 saturated carbocycles. The van der Waals surface area contributed by atoms with Crippen LogP contribution in [0.4, 0.5) is 0 Å². The summed E-state index contributed by atoms with van der Waals surface area (Å²) in [6.45, 7) is 9.50. The van der Waals surface area contributed by atoms with Crippen molar-refractivity contribution in [1.29, 1.82) is 0 Å². The van der Waals surface area contributed by atoms with Crippen LogP contribution in [0.5, 0.6) is 0 Å². The number of unbranched alkanes of at least 4 members (excludes halogenated alkanes) is 2. The number of nitrogens with zero attached hydrogens (tertiary/aromatic N) is 4. The minimum absolute atomic E-state index is 0.591. The molecule has 0 spiro atoms. The van der Waals surface area contributed by atoms with Gasteiger partial charge in [-0.05, 0) is 45.3 Å². The van der Waals surface area contributed by atoms with Crippen LogP contribution in [0.25, 0.3) is 10.4 Å². The Labute approximate surface area is 93.3 Å². The summed E-state index contributed by atoms with van der Waals surface area (Å²) in [6, 6.07) is 0.591. The van der Waals surface area contributed by atoms with Crippen LogP contribution >= 0.6 is 0 Å². The molecule has 0 unspecified atom stereocenters. The molecule has 88 valence electrons. The highest BCUT2D eigenvalue weighted by molar-refractivity contribution is 4.63. The van der Waals surface area contributed by atoms with E-state index in [-0.39, 0.29) is 0 Å². The monoisotopic (exact) mass is 212 g/mol. The fraction of sp³-hybridized carbons (Fsp3) is 1.00. The van der Waals surface area contributed by atoms with Crippen molar-refractivity contribution < 1.29 is 0 Å². The van der Waals surface area contributed by atoms with Gasteiger partial charge in [0.25, 0.3) is 0 Å². The lowest BCUT2D eigenvalue weighted by Crippen LogP contribution is -2.33. The van der Waals surface area contributed by atoms with Crippen LogP contribution in [0.2, 0.25) is 0 Å². The number of azide groups is 1. The second-order valence-electron chi connectivity index (χ2n) is 4.14. The van der Waals surface area contributed by atoms with Gasteiger partial charge in [-0.25, -0.2) is 0 Å². The minimum atomic E-state index is 0.591. The molecule has 15 heavy (non-hydrogen) atoms. The Morgan fingerprint density at radius 3 is 2.40 bits per heavy atom. The molecule has 0 aliphatic carbocycles. The van der Waals surface area contributed by atoms with E-state index >= 15 is 0 Å². The molecule has 0 aliphatic rings. The first kappa shape index (κ1) is 14.3. The predicted octanol–water partition coefficient (Wildman–Crippen LogP) is 3.59. The normalized spacial score (nSPS) is 10.7. The van der Waals surface area contributed by atoms with E-state index in [0.29, 0.717) is 12.6 Å². The van der Waals surface area contributed by atoms with E-state index in [0.717, 1.165) is 13.0 Å². The molecule has 0 N–H and O–H groups in total. The van der Waals surface area contributed by atoms with E-state index in [9.17, 15) is 0 Å². The van der Waals surface area contributed by atoms with Gasteiger partial charge in [0.15, 0.2) is 0 Å². The van der Waals surface area contributed by atoms with Gasteiger partial charge in [-0.15, -0.1) is 0 Å². The van der Waals surface area contributed by atoms with Crippen LogP contribution in [0.15, 0.2) is 5.11 Å². The first-order chi connectivity index (χ1) is 7.22. The number of hydrogen-bond donors (Lipinski definition) is 0. The summed E-state index contributed by atoms with van der Waals surface area (Å²) in [5.41, 5.74) is 8.16. The van der Waals surface area contributed by atoms with Gasteiger partial charge in [-0.3, -0.25) is 0 Å². The molecule has 0 amide bonds. The number of rotatable bonds is 9. The van der Waals surface area contributed by atoms with Crippen LogP contribution in [-0.2, 0) is 0 Å². The first-order valence-corrected chi connectivity index (χ1v) is 5.97. The van der Waals surface area contributed by atoms with Crippen molar-refractivity contribution in [1.82, 2.24) is 4.90 Å². The van der Waals surface area contributed by atoms with E-state index < -0.39 is 0 Å². The Balaban J connectivity index is 3.67. The predicted molar refractivity (Wildman–Crippen MR) is 64.9 cm³/mol.